The Morgan fingerprint density at radius 2 is 2.00 bits per heavy atom. The lowest BCUT2D eigenvalue weighted by Gasteiger charge is -2.17. The van der Waals surface area contributed by atoms with Crippen LogP contribution >= 0.6 is 11.8 Å². The van der Waals surface area contributed by atoms with Gasteiger partial charge < -0.3 is 9.73 Å². The third kappa shape index (κ3) is 4.39. The zero-order chi connectivity index (χ0) is 19.4. The highest BCUT2D eigenvalue weighted by Gasteiger charge is 2.22. The monoisotopic (exact) mass is 388 g/mol. The Kier molecular flexibility index (Phi) is 5.95. The van der Waals surface area contributed by atoms with E-state index in [1.807, 2.05) is 31.4 Å². The van der Waals surface area contributed by atoms with Gasteiger partial charge in [-0.1, -0.05) is 23.9 Å². The van der Waals surface area contributed by atoms with Crippen molar-refractivity contribution in [2.24, 2.45) is 0 Å². The maximum Gasteiger partial charge on any atom is 0.233 e. The first-order chi connectivity index (χ1) is 13.0. The largest absolute Gasteiger partial charge is 0.461 e. The molecule has 0 aliphatic carbocycles. The highest BCUT2D eigenvalue weighted by molar-refractivity contribution is 8.00. The summed E-state index contributed by atoms with van der Waals surface area (Å²) in [6.07, 6.45) is 1.59. The Morgan fingerprint density at radius 1 is 1.26 bits per heavy atom. The molecule has 3 aromatic rings. The topological polar surface area (TPSA) is 73.0 Å². The Labute approximate surface area is 161 Å². The fraction of sp³-hybridized carbons (Fsp3) is 0.316. The average Bonchev–Trinajstić information content (AvgIpc) is 3.31. The minimum Gasteiger partial charge on any atom is -0.461 e. The van der Waals surface area contributed by atoms with E-state index in [2.05, 4.69) is 15.5 Å². The van der Waals surface area contributed by atoms with Crippen molar-refractivity contribution in [1.82, 2.24) is 20.1 Å². The molecular formula is C19H21FN4O2S. The van der Waals surface area contributed by atoms with Gasteiger partial charge in [-0.2, -0.15) is 0 Å². The maximum absolute atomic E-state index is 13.0. The second kappa shape index (κ2) is 8.39. The molecule has 2 heterocycles. The molecular weight excluding hydrogens is 367 g/mol. The number of benzene rings is 1. The molecule has 1 aromatic carbocycles. The van der Waals surface area contributed by atoms with Gasteiger partial charge >= 0.3 is 0 Å². The van der Waals surface area contributed by atoms with Crippen molar-refractivity contribution in [3.05, 3.63) is 54.0 Å². The van der Waals surface area contributed by atoms with Crippen LogP contribution in [0.4, 0.5) is 4.39 Å². The van der Waals surface area contributed by atoms with Crippen LogP contribution in [0.5, 0.6) is 0 Å². The number of furan rings is 1. The van der Waals surface area contributed by atoms with Crippen molar-refractivity contribution in [2.45, 2.75) is 43.8 Å². The molecule has 27 heavy (non-hydrogen) atoms. The number of nitrogens with zero attached hydrogens (tertiary/aromatic N) is 3. The van der Waals surface area contributed by atoms with Crippen LogP contribution in [0.1, 0.15) is 32.4 Å². The van der Waals surface area contributed by atoms with Gasteiger partial charge in [0.15, 0.2) is 16.7 Å². The standard InChI is InChI=1S/C19H21FN4O2S/c1-4-24-17(16-6-5-11-26-16)22-23-19(24)27-13(3)18(25)21-12(2)14-7-9-15(20)10-8-14/h5-13H,4H2,1-3H3,(H,21,25)/t12-,13-/m1/s1. The van der Waals surface area contributed by atoms with Gasteiger partial charge in [0.1, 0.15) is 5.82 Å². The first-order valence-corrected chi connectivity index (χ1v) is 9.57. The molecule has 0 radical (unpaired) electrons. The van der Waals surface area contributed by atoms with Crippen molar-refractivity contribution >= 4 is 17.7 Å². The van der Waals surface area contributed by atoms with Gasteiger partial charge in [0, 0.05) is 6.54 Å². The Morgan fingerprint density at radius 3 is 2.63 bits per heavy atom. The highest BCUT2D eigenvalue weighted by Crippen LogP contribution is 2.27. The zero-order valence-electron chi connectivity index (χ0n) is 15.3. The van der Waals surface area contributed by atoms with Crippen LogP contribution in [-0.4, -0.2) is 25.9 Å². The minimum absolute atomic E-state index is 0.123. The van der Waals surface area contributed by atoms with Crippen LogP contribution in [0, 0.1) is 5.82 Å². The molecule has 142 valence electrons. The second-order valence-electron chi connectivity index (χ2n) is 6.07. The van der Waals surface area contributed by atoms with Crippen LogP contribution < -0.4 is 5.32 Å². The molecule has 0 saturated carbocycles. The molecule has 8 heteroatoms. The van der Waals surface area contributed by atoms with E-state index in [0.717, 1.165) is 5.56 Å². The minimum atomic E-state index is -0.369. The van der Waals surface area contributed by atoms with Crippen molar-refractivity contribution < 1.29 is 13.6 Å². The Bertz CT molecular complexity index is 893. The van der Waals surface area contributed by atoms with Gasteiger partial charge in [0.25, 0.3) is 0 Å². The lowest BCUT2D eigenvalue weighted by molar-refractivity contribution is -0.120. The van der Waals surface area contributed by atoms with Crippen molar-refractivity contribution in [2.75, 3.05) is 0 Å². The summed E-state index contributed by atoms with van der Waals surface area (Å²) < 4.78 is 20.4. The number of aromatic nitrogens is 3. The van der Waals surface area contributed by atoms with E-state index < -0.39 is 0 Å². The van der Waals surface area contributed by atoms with Crippen LogP contribution in [0.2, 0.25) is 0 Å². The van der Waals surface area contributed by atoms with Crippen LogP contribution in [0.15, 0.2) is 52.2 Å². The molecule has 0 saturated heterocycles. The van der Waals surface area contributed by atoms with Gasteiger partial charge in [-0.15, -0.1) is 10.2 Å². The van der Waals surface area contributed by atoms with E-state index in [0.29, 0.717) is 23.3 Å². The summed E-state index contributed by atoms with van der Waals surface area (Å²) in [5.74, 6) is 0.852. The van der Waals surface area contributed by atoms with E-state index in [9.17, 15) is 9.18 Å². The summed E-state index contributed by atoms with van der Waals surface area (Å²) in [6.45, 7) is 6.33. The summed E-state index contributed by atoms with van der Waals surface area (Å²) >= 11 is 1.34. The molecule has 3 rings (SSSR count). The van der Waals surface area contributed by atoms with Crippen molar-refractivity contribution in [1.29, 1.82) is 0 Å². The lowest BCUT2D eigenvalue weighted by atomic mass is 10.1. The number of rotatable bonds is 7. The smallest absolute Gasteiger partial charge is 0.233 e. The second-order valence-corrected chi connectivity index (χ2v) is 7.38. The lowest BCUT2D eigenvalue weighted by Crippen LogP contribution is -2.33. The predicted molar refractivity (Wildman–Crippen MR) is 102 cm³/mol. The van der Waals surface area contributed by atoms with Gasteiger partial charge in [0.05, 0.1) is 17.6 Å². The molecule has 0 aliphatic rings. The van der Waals surface area contributed by atoms with E-state index >= 15 is 0 Å². The normalized spacial score (nSPS) is 13.3. The Hall–Kier alpha value is -2.61. The molecule has 0 fully saturated rings. The molecule has 1 amide bonds. The summed E-state index contributed by atoms with van der Waals surface area (Å²) in [4.78, 5) is 12.6. The van der Waals surface area contributed by atoms with Crippen LogP contribution in [0.25, 0.3) is 11.6 Å². The zero-order valence-corrected chi connectivity index (χ0v) is 16.2. The van der Waals surface area contributed by atoms with Gasteiger partial charge in [-0.05, 0) is 50.6 Å². The molecule has 0 spiro atoms. The third-order valence-corrected chi connectivity index (χ3v) is 5.24. The van der Waals surface area contributed by atoms with Gasteiger partial charge in [0.2, 0.25) is 5.91 Å². The maximum atomic E-state index is 13.0. The molecule has 2 atom stereocenters. The number of carbonyl (C=O) groups is 1. The van der Waals surface area contributed by atoms with Gasteiger partial charge in [-0.25, -0.2) is 4.39 Å². The molecule has 1 N–H and O–H groups in total. The van der Waals surface area contributed by atoms with E-state index in [-0.39, 0.29) is 23.0 Å². The fourth-order valence-corrected chi connectivity index (χ4v) is 3.55. The predicted octanol–water partition coefficient (Wildman–Crippen LogP) is 4.06. The van der Waals surface area contributed by atoms with Crippen molar-refractivity contribution in [3.8, 4) is 11.6 Å². The van der Waals surface area contributed by atoms with E-state index in [4.69, 9.17) is 4.42 Å². The molecule has 0 unspecified atom stereocenters. The number of thioether (sulfide) groups is 1. The molecule has 0 bridgehead atoms. The summed E-state index contributed by atoms with van der Waals surface area (Å²) in [5, 5.41) is 11.6. The third-order valence-electron chi connectivity index (χ3n) is 4.15. The fourth-order valence-electron chi connectivity index (χ4n) is 2.63. The number of nitrogens with one attached hydrogen (secondary N) is 1. The molecule has 2 aromatic heterocycles. The number of hydrogen-bond acceptors (Lipinski definition) is 5. The number of hydrogen-bond donors (Lipinski definition) is 1. The van der Waals surface area contributed by atoms with Gasteiger partial charge in [-0.3, -0.25) is 9.36 Å². The van der Waals surface area contributed by atoms with Crippen LogP contribution in [-0.2, 0) is 11.3 Å². The van der Waals surface area contributed by atoms with Crippen molar-refractivity contribution in [3.63, 3.8) is 0 Å². The molecule has 6 nitrogen and oxygen atoms in total. The summed E-state index contributed by atoms with van der Waals surface area (Å²) in [6, 6.07) is 9.51. The first-order valence-electron chi connectivity index (χ1n) is 8.69. The average molecular weight is 388 g/mol. The quantitative estimate of drug-likeness (QED) is 0.618. The van der Waals surface area contributed by atoms with E-state index in [1.54, 1.807) is 24.5 Å². The molecule has 0 aliphatic heterocycles. The van der Waals surface area contributed by atoms with E-state index in [1.165, 1.54) is 23.9 Å². The first kappa shape index (κ1) is 19.2. The summed E-state index contributed by atoms with van der Waals surface area (Å²) in [5.41, 5.74) is 0.846. The number of amides is 1. The SMILES string of the molecule is CCn1c(S[C@H](C)C(=O)N[C@H](C)c2ccc(F)cc2)nnc1-c1ccco1. The van der Waals surface area contributed by atoms with Crippen LogP contribution in [0.3, 0.4) is 0 Å². The number of carbonyl (C=O) groups excluding carboxylic acids is 1. The number of halogens is 1. The Balaban J connectivity index is 1.67. The highest BCUT2D eigenvalue weighted by atomic mass is 32.2. The summed E-state index contributed by atoms with van der Waals surface area (Å²) in [7, 11) is 0.